The molecule has 0 saturated carbocycles. The van der Waals surface area contributed by atoms with E-state index in [1.54, 1.807) is 22.8 Å². The molecule has 0 spiro atoms. The number of carbonyl (C=O) groups excluding carboxylic acids is 1. The SMILES string of the molecule is COC(=O)c1cccc(-c2c(Cl)nc(-c3ccc(F)cn3)n2COCC[Si](C)(C)C)c1Cl. The first-order valence-corrected chi connectivity index (χ1v) is 14.4. The number of halogens is 3. The van der Waals surface area contributed by atoms with Crippen LogP contribution in [0, 0.1) is 5.82 Å². The average molecular weight is 496 g/mol. The van der Waals surface area contributed by atoms with E-state index in [0.29, 0.717) is 29.4 Å². The predicted molar refractivity (Wildman–Crippen MR) is 126 cm³/mol. The van der Waals surface area contributed by atoms with Crippen molar-refractivity contribution in [1.29, 1.82) is 0 Å². The number of methoxy groups -OCH3 is 1. The largest absolute Gasteiger partial charge is 0.465 e. The monoisotopic (exact) mass is 495 g/mol. The number of ether oxygens (including phenoxy) is 2. The smallest absolute Gasteiger partial charge is 0.339 e. The second-order valence-electron chi connectivity index (χ2n) is 8.37. The Balaban J connectivity index is 2.09. The summed E-state index contributed by atoms with van der Waals surface area (Å²) < 4.78 is 25.9. The lowest BCUT2D eigenvalue weighted by Gasteiger charge is -2.17. The predicted octanol–water partition coefficient (Wildman–Crippen LogP) is 6.16. The summed E-state index contributed by atoms with van der Waals surface area (Å²) in [6.07, 6.45) is 1.11. The van der Waals surface area contributed by atoms with Crippen molar-refractivity contribution >= 4 is 37.2 Å². The number of nitrogens with zero attached hydrogens (tertiary/aromatic N) is 3. The van der Waals surface area contributed by atoms with Gasteiger partial charge in [-0.05, 0) is 24.2 Å². The van der Waals surface area contributed by atoms with E-state index in [1.807, 2.05) is 0 Å². The second kappa shape index (κ2) is 10.1. The summed E-state index contributed by atoms with van der Waals surface area (Å²) in [5.74, 6) is -0.623. The number of pyridine rings is 1. The number of rotatable bonds is 8. The third kappa shape index (κ3) is 5.56. The van der Waals surface area contributed by atoms with E-state index in [-0.39, 0.29) is 22.5 Å². The third-order valence-corrected chi connectivity index (χ3v) is 7.13. The van der Waals surface area contributed by atoms with Crippen LogP contribution in [0.5, 0.6) is 0 Å². The summed E-state index contributed by atoms with van der Waals surface area (Å²) >= 11 is 13.1. The molecule has 2 aromatic heterocycles. The molecule has 0 aliphatic heterocycles. The molecule has 0 radical (unpaired) electrons. The summed E-state index contributed by atoms with van der Waals surface area (Å²) in [6, 6.07) is 8.78. The Morgan fingerprint density at radius 1 is 1.19 bits per heavy atom. The number of esters is 1. The Bertz CT molecular complexity index is 1110. The van der Waals surface area contributed by atoms with Crippen molar-refractivity contribution in [2.75, 3.05) is 13.7 Å². The molecule has 0 fully saturated rings. The molecule has 2 heterocycles. The molecule has 3 rings (SSSR count). The lowest BCUT2D eigenvalue weighted by molar-refractivity contribution is 0.0601. The van der Waals surface area contributed by atoms with Gasteiger partial charge in [-0.2, -0.15) is 0 Å². The first-order chi connectivity index (χ1) is 15.1. The maximum atomic E-state index is 13.4. The fourth-order valence-electron chi connectivity index (χ4n) is 3.03. The molecule has 6 nitrogen and oxygen atoms in total. The fraction of sp³-hybridized carbons (Fsp3) is 0.318. The molecule has 0 N–H and O–H groups in total. The zero-order valence-electron chi connectivity index (χ0n) is 18.3. The van der Waals surface area contributed by atoms with Gasteiger partial charge in [-0.25, -0.2) is 19.2 Å². The topological polar surface area (TPSA) is 66.2 Å². The lowest BCUT2D eigenvalue weighted by Crippen LogP contribution is -2.22. The molecule has 10 heteroatoms. The molecule has 0 unspecified atom stereocenters. The maximum absolute atomic E-state index is 13.4. The van der Waals surface area contributed by atoms with Crippen molar-refractivity contribution in [1.82, 2.24) is 14.5 Å². The van der Waals surface area contributed by atoms with Gasteiger partial charge in [-0.1, -0.05) is 55.0 Å². The van der Waals surface area contributed by atoms with Crippen molar-refractivity contribution in [3.05, 3.63) is 58.1 Å². The highest BCUT2D eigenvalue weighted by molar-refractivity contribution is 6.76. The molecule has 0 bridgehead atoms. The van der Waals surface area contributed by atoms with Gasteiger partial charge in [-0.3, -0.25) is 4.57 Å². The number of hydrogen-bond donors (Lipinski definition) is 0. The Labute approximate surface area is 197 Å². The third-order valence-electron chi connectivity index (χ3n) is 4.76. The molecular weight excluding hydrogens is 472 g/mol. The van der Waals surface area contributed by atoms with Crippen molar-refractivity contribution in [3.63, 3.8) is 0 Å². The number of aromatic nitrogens is 3. The minimum atomic E-state index is -1.29. The van der Waals surface area contributed by atoms with Crippen molar-refractivity contribution in [3.8, 4) is 22.8 Å². The summed E-state index contributed by atoms with van der Waals surface area (Å²) in [7, 11) is -0.00229. The molecule has 3 aromatic rings. The zero-order valence-corrected chi connectivity index (χ0v) is 20.8. The summed E-state index contributed by atoms with van der Waals surface area (Å²) in [5, 5.41) is 0.340. The lowest BCUT2D eigenvalue weighted by atomic mass is 10.1. The Morgan fingerprint density at radius 2 is 1.94 bits per heavy atom. The summed E-state index contributed by atoms with van der Waals surface area (Å²) in [5.41, 5.74) is 1.59. The molecule has 0 atom stereocenters. The first kappa shape index (κ1) is 24.4. The van der Waals surface area contributed by atoms with E-state index in [4.69, 9.17) is 32.7 Å². The van der Waals surface area contributed by atoms with E-state index in [0.717, 1.165) is 12.2 Å². The van der Waals surface area contributed by atoms with Gasteiger partial charge >= 0.3 is 5.97 Å². The number of imidazole rings is 1. The van der Waals surface area contributed by atoms with Gasteiger partial charge in [0.2, 0.25) is 0 Å². The minimum absolute atomic E-state index is 0.132. The standard InChI is InChI=1S/C22H24Cl2FN3O3Si/c1-30-22(29)16-7-5-6-15(18(16)23)19-20(24)27-21(17-9-8-14(25)12-26-17)28(19)13-31-10-11-32(2,3)4/h5-9,12H,10-11,13H2,1-4H3. The van der Waals surface area contributed by atoms with Gasteiger partial charge < -0.3 is 9.47 Å². The van der Waals surface area contributed by atoms with Crippen LogP contribution in [0.1, 0.15) is 10.4 Å². The Hall–Kier alpha value is -2.26. The highest BCUT2D eigenvalue weighted by atomic mass is 35.5. The first-order valence-electron chi connectivity index (χ1n) is 9.95. The van der Waals surface area contributed by atoms with Crippen LogP contribution in [-0.2, 0) is 16.2 Å². The highest BCUT2D eigenvalue weighted by Gasteiger charge is 2.24. The number of hydrogen-bond acceptors (Lipinski definition) is 5. The maximum Gasteiger partial charge on any atom is 0.339 e. The summed E-state index contributed by atoms with van der Waals surface area (Å²) in [4.78, 5) is 20.7. The van der Waals surface area contributed by atoms with Crippen LogP contribution in [0.3, 0.4) is 0 Å². The van der Waals surface area contributed by atoms with Crippen LogP contribution in [-0.4, -0.2) is 42.3 Å². The molecule has 0 amide bonds. The normalized spacial score (nSPS) is 11.6. The van der Waals surface area contributed by atoms with Crippen LogP contribution in [0.25, 0.3) is 22.8 Å². The Kier molecular flexibility index (Phi) is 7.71. The van der Waals surface area contributed by atoms with E-state index < -0.39 is 19.9 Å². The molecular formula is C22H24Cl2FN3O3Si. The van der Waals surface area contributed by atoms with E-state index in [9.17, 15) is 9.18 Å². The molecule has 0 saturated heterocycles. The van der Waals surface area contributed by atoms with Crippen LogP contribution in [0.2, 0.25) is 35.9 Å². The van der Waals surface area contributed by atoms with E-state index in [1.165, 1.54) is 19.2 Å². The van der Waals surface area contributed by atoms with Crippen molar-refractivity contribution in [2.24, 2.45) is 0 Å². The van der Waals surface area contributed by atoms with Gasteiger partial charge in [-0.15, -0.1) is 0 Å². The molecule has 32 heavy (non-hydrogen) atoms. The number of benzene rings is 1. The van der Waals surface area contributed by atoms with Crippen LogP contribution in [0.4, 0.5) is 4.39 Å². The van der Waals surface area contributed by atoms with Gasteiger partial charge in [0.25, 0.3) is 0 Å². The van der Waals surface area contributed by atoms with E-state index >= 15 is 0 Å². The Morgan fingerprint density at radius 3 is 2.56 bits per heavy atom. The minimum Gasteiger partial charge on any atom is -0.465 e. The van der Waals surface area contributed by atoms with Gasteiger partial charge in [0, 0.05) is 20.2 Å². The van der Waals surface area contributed by atoms with Crippen molar-refractivity contribution in [2.45, 2.75) is 32.4 Å². The molecule has 1 aromatic carbocycles. The van der Waals surface area contributed by atoms with Crippen LogP contribution < -0.4 is 0 Å². The second-order valence-corrected chi connectivity index (χ2v) is 14.7. The molecule has 0 aliphatic rings. The quantitative estimate of drug-likeness (QED) is 0.212. The fourth-order valence-corrected chi connectivity index (χ4v) is 4.36. The highest BCUT2D eigenvalue weighted by Crippen LogP contribution is 2.38. The van der Waals surface area contributed by atoms with Crippen LogP contribution >= 0.6 is 23.2 Å². The van der Waals surface area contributed by atoms with Gasteiger partial charge in [0.15, 0.2) is 11.0 Å². The molecule has 170 valence electrons. The van der Waals surface area contributed by atoms with Crippen LogP contribution in [0.15, 0.2) is 36.5 Å². The van der Waals surface area contributed by atoms with Gasteiger partial charge in [0.1, 0.15) is 18.2 Å². The zero-order chi connectivity index (χ0) is 23.5. The number of carbonyl (C=O) groups is 1. The van der Waals surface area contributed by atoms with E-state index in [2.05, 4.69) is 29.6 Å². The average Bonchev–Trinajstić information content (AvgIpc) is 3.06. The van der Waals surface area contributed by atoms with Gasteiger partial charge in [0.05, 0.1) is 29.6 Å². The summed E-state index contributed by atoms with van der Waals surface area (Å²) in [6.45, 7) is 7.50. The molecule has 0 aliphatic carbocycles. The van der Waals surface area contributed by atoms with Crippen molar-refractivity contribution < 1.29 is 18.7 Å².